The molecule has 9 heteroatoms. The zero-order chi connectivity index (χ0) is 25.9. The van der Waals surface area contributed by atoms with Crippen molar-refractivity contribution in [2.45, 2.75) is 78.6 Å². The minimum absolute atomic E-state index is 0.0145. The van der Waals surface area contributed by atoms with Crippen LogP contribution < -0.4 is 15.0 Å². The molecule has 0 aliphatic rings. The standard InChI is InChI=1S/C25H40Cl2N2O5/c1-8-32-21-10-9-20(29(13-11-26)14-12-27)16-18(21)15-19(17-22(30)33-24(2,3)4)28-23(31)34-25(5,6)7/h9-10,16,19H,8,11-15,17H2,1-7H3,(H,28,31). The molecule has 0 saturated carbocycles. The van der Waals surface area contributed by atoms with Crippen LogP contribution in [0.2, 0.25) is 0 Å². The molecule has 1 amide bonds. The molecule has 1 aromatic carbocycles. The molecule has 1 aromatic rings. The highest BCUT2D eigenvalue weighted by Gasteiger charge is 2.26. The molecule has 7 nitrogen and oxygen atoms in total. The van der Waals surface area contributed by atoms with Crippen LogP contribution in [0.4, 0.5) is 10.5 Å². The number of alkyl carbamates (subject to hydrolysis) is 1. The highest BCUT2D eigenvalue weighted by molar-refractivity contribution is 6.18. The number of amides is 1. The molecule has 1 unspecified atom stereocenters. The van der Waals surface area contributed by atoms with E-state index in [-0.39, 0.29) is 6.42 Å². The zero-order valence-corrected chi connectivity index (χ0v) is 23.0. The van der Waals surface area contributed by atoms with E-state index in [4.69, 9.17) is 37.4 Å². The number of ether oxygens (including phenoxy) is 3. The van der Waals surface area contributed by atoms with E-state index in [0.717, 1.165) is 11.3 Å². The molecule has 0 aliphatic heterocycles. The van der Waals surface area contributed by atoms with E-state index in [0.29, 0.717) is 43.6 Å². The molecule has 1 N–H and O–H groups in total. The highest BCUT2D eigenvalue weighted by Crippen LogP contribution is 2.28. The fourth-order valence-electron chi connectivity index (χ4n) is 3.29. The Balaban J connectivity index is 3.25. The van der Waals surface area contributed by atoms with Gasteiger partial charge in [-0.2, -0.15) is 0 Å². The van der Waals surface area contributed by atoms with Gasteiger partial charge < -0.3 is 24.4 Å². The Morgan fingerprint density at radius 2 is 1.59 bits per heavy atom. The fraction of sp³-hybridized carbons (Fsp3) is 0.680. The highest BCUT2D eigenvalue weighted by atomic mass is 35.5. The summed E-state index contributed by atoms with van der Waals surface area (Å²) in [4.78, 5) is 27.2. The van der Waals surface area contributed by atoms with Crippen LogP contribution in [0.15, 0.2) is 18.2 Å². The second-order valence-electron chi connectivity index (χ2n) is 9.93. The predicted octanol–water partition coefficient (Wildman–Crippen LogP) is 5.54. The Morgan fingerprint density at radius 3 is 2.09 bits per heavy atom. The lowest BCUT2D eigenvalue weighted by molar-refractivity contribution is -0.155. The van der Waals surface area contributed by atoms with Gasteiger partial charge in [-0.25, -0.2) is 4.79 Å². The van der Waals surface area contributed by atoms with Crippen LogP contribution in [0, 0.1) is 0 Å². The third kappa shape index (κ3) is 12.0. The van der Waals surface area contributed by atoms with Gasteiger partial charge in [-0.3, -0.25) is 4.79 Å². The number of nitrogens with one attached hydrogen (secondary N) is 1. The summed E-state index contributed by atoms with van der Waals surface area (Å²) >= 11 is 12.0. The molecule has 0 spiro atoms. The van der Waals surface area contributed by atoms with Crippen LogP contribution in [0.5, 0.6) is 5.75 Å². The van der Waals surface area contributed by atoms with Crippen LogP contribution in [-0.4, -0.2) is 60.8 Å². The number of carbonyl (C=O) groups excluding carboxylic acids is 2. The maximum atomic E-state index is 12.6. The van der Waals surface area contributed by atoms with Gasteiger partial charge in [0.15, 0.2) is 0 Å². The van der Waals surface area contributed by atoms with Crippen molar-refractivity contribution >= 4 is 41.0 Å². The van der Waals surface area contributed by atoms with Crippen molar-refractivity contribution in [1.82, 2.24) is 5.32 Å². The summed E-state index contributed by atoms with van der Waals surface area (Å²) in [6.07, 6.45) is -0.266. The van der Waals surface area contributed by atoms with Crippen LogP contribution >= 0.6 is 23.2 Å². The maximum Gasteiger partial charge on any atom is 0.407 e. The van der Waals surface area contributed by atoms with Gasteiger partial charge >= 0.3 is 12.1 Å². The first-order chi connectivity index (χ1) is 15.8. The number of alkyl halides is 2. The lowest BCUT2D eigenvalue weighted by atomic mass is 10.0. The van der Waals surface area contributed by atoms with E-state index in [1.165, 1.54) is 0 Å². The van der Waals surface area contributed by atoms with Gasteiger partial charge in [-0.15, -0.1) is 23.2 Å². The summed E-state index contributed by atoms with van der Waals surface area (Å²) in [6.45, 7) is 14.4. The topological polar surface area (TPSA) is 77.1 Å². The summed E-state index contributed by atoms with van der Waals surface area (Å²) in [5.74, 6) is 1.19. The lowest BCUT2D eigenvalue weighted by Crippen LogP contribution is -2.42. The van der Waals surface area contributed by atoms with Gasteiger partial charge in [0.25, 0.3) is 0 Å². The smallest absolute Gasteiger partial charge is 0.407 e. The van der Waals surface area contributed by atoms with E-state index in [9.17, 15) is 9.59 Å². The van der Waals surface area contributed by atoms with Gasteiger partial charge in [-0.05, 0) is 78.6 Å². The maximum absolute atomic E-state index is 12.6. The van der Waals surface area contributed by atoms with Gasteiger partial charge in [-0.1, -0.05) is 0 Å². The molecule has 1 atom stereocenters. The molecule has 0 radical (unpaired) electrons. The molecule has 0 bridgehead atoms. The number of carbonyl (C=O) groups is 2. The number of nitrogens with zero attached hydrogens (tertiary/aromatic N) is 1. The third-order valence-corrected chi connectivity index (χ3v) is 4.78. The third-order valence-electron chi connectivity index (χ3n) is 4.44. The van der Waals surface area contributed by atoms with E-state index < -0.39 is 29.3 Å². The minimum atomic E-state index is -0.666. The Morgan fingerprint density at radius 1 is 1.00 bits per heavy atom. The van der Waals surface area contributed by atoms with Crippen molar-refractivity contribution in [2.75, 3.05) is 36.4 Å². The molecule has 0 saturated heterocycles. The molecule has 0 aliphatic carbocycles. The molecule has 1 rings (SSSR count). The number of hydrogen-bond donors (Lipinski definition) is 1. The molecule has 34 heavy (non-hydrogen) atoms. The molecular formula is C25H40Cl2N2O5. The van der Waals surface area contributed by atoms with Crippen molar-refractivity contribution < 1.29 is 23.8 Å². The predicted molar refractivity (Wildman–Crippen MR) is 139 cm³/mol. The SMILES string of the molecule is CCOc1ccc(N(CCCl)CCCl)cc1CC(CC(=O)OC(C)(C)C)NC(=O)OC(C)(C)C. The van der Waals surface area contributed by atoms with Crippen LogP contribution in [-0.2, 0) is 20.7 Å². The van der Waals surface area contributed by atoms with Gasteiger partial charge in [0.2, 0.25) is 0 Å². The second kappa shape index (κ2) is 13.9. The lowest BCUT2D eigenvalue weighted by Gasteiger charge is -2.27. The Labute approximate surface area is 214 Å². The first-order valence-electron chi connectivity index (χ1n) is 11.6. The quantitative estimate of drug-likeness (QED) is 0.289. The van der Waals surface area contributed by atoms with Crippen LogP contribution in [0.1, 0.15) is 60.5 Å². The van der Waals surface area contributed by atoms with E-state index in [1.54, 1.807) is 41.5 Å². The summed E-state index contributed by atoms with van der Waals surface area (Å²) in [7, 11) is 0. The van der Waals surface area contributed by atoms with Crippen molar-refractivity contribution in [3.05, 3.63) is 23.8 Å². The number of rotatable bonds is 12. The Kier molecular flexibility index (Phi) is 12.3. The number of halogens is 2. The monoisotopic (exact) mass is 518 g/mol. The van der Waals surface area contributed by atoms with E-state index in [2.05, 4.69) is 10.2 Å². The van der Waals surface area contributed by atoms with E-state index in [1.807, 2.05) is 25.1 Å². The zero-order valence-electron chi connectivity index (χ0n) is 21.5. The first-order valence-corrected chi connectivity index (χ1v) is 12.7. The van der Waals surface area contributed by atoms with Crippen molar-refractivity contribution in [1.29, 1.82) is 0 Å². The largest absolute Gasteiger partial charge is 0.494 e. The Hall–Kier alpha value is -1.86. The van der Waals surface area contributed by atoms with Gasteiger partial charge in [0.1, 0.15) is 17.0 Å². The molecule has 194 valence electrons. The molecule has 0 fully saturated rings. The van der Waals surface area contributed by atoms with Crippen LogP contribution in [0.25, 0.3) is 0 Å². The number of benzene rings is 1. The molecular weight excluding hydrogens is 479 g/mol. The summed E-state index contributed by atoms with van der Waals surface area (Å²) in [5.41, 5.74) is 0.486. The van der Waals surface area contributed by atoms with Crippen molar-refractivity contribution in [2.24, 2.45) is 0 Å². The molecule has 0 aromatic heterocycles. The number of hydrogen-bond acceptors (Lipinski definition) is 6. The summed E-state index contributed by atoms with van der Waals surface area (Å²) < 4.78 is 16.7. The average Bonchev–Trinajstić information content (AvgIpc) is 2.66. The Bertz CT molecular complexity index is 754. The number of esters is 1. The first kappa shape index (κ1) is 30.2. The van der Waals surface area contributed by atoms with Gasteiger partial charge in [0, 0.05) is 36.6 Å². The average molecular weight is 520 g/mol. The second-order valence-corrected chi connectivity index (χ2v) is 10.7. The van der Waals surface area contributed by atoms with E-state index >= 15 is 0 Å². The minimum Gasteiger partial charge on any atom is -0.494 e. The van der Waals surface area contributed by atoms with Crippen molar-refractivity contribution in [3.63, 3.8) is 0 Å². The summed E-state index contributed by atoms with van der Waals surface area (Å²) in [6, 6.07) is 5.27. The number of anilines is 1. The summed E-state index contributed by atoms with van der Waals surface area (Å²) in [5, 5.41) is 2.83. The van der Waals surface area contributed by atoms with Crippen LogP contribution in [0.3, 0.4) is 0 Å². The van der Waals surface area contributed by atoms with Crippen molar-refractivity contribution in [3.8, 4) is 5.75 Å². The normalized spacial score (nSPS) is 12.6. The van der Waals surface area contributed by atoms with Gasteiger partial charge in [0.05, 0.1) is 13.0 Å². The fourth-order valence-corrected chi connectivity index (χ4v) is 3.70. The molecule has 0 heterocycles.